The molecule has 0 saturated heterocycles. The molecule has 0 atom stereocenters. The Morgan fingerprint density at radius 1 is 1.17 bits per heavy atom. The average Bonchev–Trinajstić information content (AvgIpc) is 2.57. The predicted molar refractivity (Wildman–Crippen MR) is 94.7 cm³/mol. The van der Waals surface area contributed by atoms with E-state index in [4.69, 9.17) is 19.8 Å². The van der Waals surface area contributed by atoms with Crippen LogP contribution in [0.5, 0.6) is 0 Å². The number of hydrogen-bond acceptors (Lipinski definition) is 4. The van der Waals surface area contributed by atoms with E-state index < -0.39 is 11.9 Å². The summed E-state index contributed by atoms with van der Waals surface area (Å²) in [4.78, 5) is 22.4. The highest BCUT2D eigenvalue weighted by molar-refractivity contribution is 9.10. The van der Waals surface area contributed by atoms with Crippen LogP contribution in [-0.4, -0.2) is 40.7 Å². The minimum atomic E-state index is -1.82. The largest absolute Gasteiger partial charge is 0.473 e. The maximum Gasteiger partial charge on any atom is 0.414 e. The monoisotopic (exact) mass is 392 g/mol. The Morgan fingerprint density at radius 3 is 2.33 bits per heavy atom. The number of carboxylic acids is 2. The molecule has 1 aromatic heterocycles. The highest BCUT2D eigenvalue weighted by Crippen LogP contribution is 2.24. The summed E-state index contributed by atoms with van der Waals surface area (Å²) in [7, 11) is 1.94. The molecule has 0 aliphatic rings. The minimum absolute atomic E-state index is 0.830. The summed E-state index contributed by atoms with van der Waals surface area (Å²) in [5.41, 5.74) is 3.51. The van der Waals surface area contributed by atoms with Gasteiger partial charge in [0.1, 0.15) is 0 Å². The number of likely N-dealkylation sites (N-methyl/N-ethyl adjacent to an activating group) is 1. The number of benzene rings is 1. The maximum atomic E-state index is 9.10. The SMILES string of the molecule is CNCC=C(c1cccnc1)c1cccc(Br)c1.O=C(O)C(=O)O. The molecule has 1 aromatic carbocycles. The molecule has 0 aliphatic heterocycles. The standard InChI is InChI=1S/C15H15BrN2.C2H2O4/c1-17-9-7-15(13-5-3-8-18-11-13)12-4-2-6-14(16)10-12;3-1(4)2(5)6/h2-8,10-11,17H,9H2,1H3;(H,3,4)(H,5,6). The first-order valence-corrected chi connectivity index (χ1v) is 7.72. The summed E-state index contributed by atoms with van der Waals surface area (Å²) in [5, 5.41) is 17.9. The Morgan fingerprint density at radius 2 is 1.83 bits per heavy atom. The van der Waals surface area contributed by atoms with E-state index in [9.17, 15) is 0 Å². The van der Waals surface area contributed by atoms with Crippen LogP contribution in [0.2, 0.25) is 0 Å². The lowest BCUT2D eigenvalue weighted by Crippen LogP contribution is -2.09. The van der Waals surface area contributed by atoms with Crippen LogP contribution in [0.25, 0.3) is 5.57 Å². The Labute approximate surface area is 148 Å². The van der Waals surface area contributed by atoms with Crippen molar-refractivity contribution in [3.05, 3.63) is 70.5 Å². The molecule has 0 bridgehead atoms. The van der Waals surface area contributed by atoms with Crippen molar-refractivity contribution in [1.29, 1.82) is 0 Å². The number of nitrogens with one attached hydrogen (secondary N) is 1. The zero-order valence-electron chi connectivity index (χ0n) is 12.9. The third kappa shape index (κ3) is 6.72. The van der Waals surface area contributed by atoms with Crippen LogP contribution in [0.1, 0.15) is 11.1 Å². The van der Waals surface area contributed by atoms with Gasteiger partial charge in [0.05, 0.1) is 0 Å². The zero-order valence-corrected chi connectivity index (χ0v) is 14.5. The third-order valence-electron chi connectivity index (χ3n) is 2.80. The molecule has 6 nitrogen and oxygen atoms in total. The summed E-state index contributed by atoms with van der Waals surface area (Å²) in [6.45, 7) is 0.830. The van der Waals surface area contributed by atoms with Gasteiger partial charge in [0.15, 0.2) is 0 Å². The van der Waals surface area contributed by atoms with Crippen LogP contribution in [0.3, 0.4) is 0 Å². The molecule has 2 rings (SSSR count). The summed E-state index contributed by atoms with van der Waals surface area (Å²) in [6.07, 6.45) is 5.86. The van der Waals surface area contributed by atoms with Crippen LogP contribution >= 0.6 is 15.9 Å². The van der Waals surface area contributed by atoms with Crippen molar-refractivity contribution in [1.82, 2.24) is 10.3 Å². The number of hydrogen-bond donors (Lipinski definition) is 3. The van der Waals surface area contributed by atoms with Crippen molar-refractivity contribution in [2.24, 2.45) is 0 Å². The normalized spacial score (nSPS) is 10.5. The second-order valence-corrected chi connectivity index (χ2v) is 5.45. The van der Waals surface area contributed by atoms with Gasteiger partial charge in [-0.25, -0.2) is 9.59 Å². The van der Waals surface area contributed by atoms with E-state index in [1.165, 1.54) is 11.1 Å². The van der Waals surface area contributed by atoms with Gasteiger partial charge in [0.2, 0.25) is 0 Å². The van der Waals surface area contributed by atoms with Gasteiger partial charge in [0.25, 0.3) is 0 Å². The minimum Gasteiger partial charge on any atom is -0.473 e. The van der Waals surface area contributed by atoms with E-state index in [-0.39, 0.29) is 0 Å². The molecule has 0 aliphatic carbocycles. The van der Waals surface area contributed by atoms with Crippen molar-refractivity contribution in [2.75, 3.05) is 13.6 Å². The summed E-state index contributed by atoms with van der Waals surface area (Å²) < 4.78 is 1.08. The van der Waals surface area contributed by atoms with Gasteiger partial charge in [-0.15, -0.1) is 0 Å². The van der Waals surface area contributed by atoms with Crippen LogP contribution in [-0.2, 0) is 9.59 Å². The van der Waals surface area contributed by atoms with Crippen molar-refractivity contribution >= 4 is 33.4 Å². The molecular formula is C17H17BrN2O4. The number of nitrogens with zero attached hydrogens (tertiary/aromatic N) is 1. The number of aliphatic carboxylic acids is 2. The summed E-state index contributed by atoms with van der Waals surface area (Å²) in [5.74, 6) is -3.65. The van der Waals surface area contributed by atoms with E-state index >= 15 is 0 Å². The third-order valence-corrected chi connectivity index (χ3v) is 3.29. The molecule has 126 valence electrons. The van der Waals surface area contributed by atoms with Crippen molar-refractivity contribution in [3.8, 4) is 0 Å². The van der Waals surface area contributed by atoms with Gasteiger partial charge in [0, 0.05) is 29.0 Å². The number of carboxylic acid groups (broad SMARTS) is 2. The molecule has 1 heterocycles. The summed E-state index contributed by atoms with van der Waals surface area (Å²) in [6, 6.07) is 12.3. The van der Waals surface area contributed by atoms with E-state index in [1.54, 1.807) is 6.20 Å². The number of pyridine rings is 1. The Hall–Kier alpha value is -2.51. The Balaban J connectivity index is 0.000000413. The van der Waals surface area contributed by atoms with Crippen LogP contribution in [0, 0.1) is 0 Å². The quantitative estimate of drug-likeness (QED) is 0.691. The molecule has 24 heavy (non-hydrogen) atoms. The molecule has 2 aromatic rings. The second kappa shape index (κ2) is 10.3. The fourth-order valence-corrected chi connectivity index (χ4v) is 2.18. The van der Waals surface area contributed by atoms with Crippen molar-refractivity contribution in [3.63, 3.8) is 0 Å². The van der Waals surface area contributed by atoms with E-state index in [0.717, 1.165) is 16.6 Å². The highest BCUT2D eigenvalue weighted by Gasteiger charge is 2.05. The van der Waals surface area contributed by atoms with Gasteiger partial charge in [-0.1, -0.05) is 40.2 Å². The number of aromatic nitrogens is 1. The lowest BCUT2D eigenvalue weighted by molar-refractivity contribution is -0.159. The van der Waals surface area contributed by atoms with Gasteiger partial charge < -0.3 is 15.5 Å². The first-order valence-electron chi connectivity index (χ1n) is 6.93. The molecule has 0 spiro atoms. The Kier molecular flexibility index (Phi) is 8.38. The molecular weight excluding hydrogens is 376 g/mol. The topological polar surface area (TPSA) is 99.5 Å². The molecule has 0 radical (unpaired) electrons. The molecule has 0 unspecified atom stereocenters. The zero-order chi connectivity index (χ0) is 17.9. The maximum absolute atomic E-state index is 9.10. The van der Waals surface area contributed by atoms with E-state index in [0.29, 0.717) is 0 Å². The van der Waals surface area contributed by atoms with Gasteiger partial charge >= 0.3 is 11.9 Å². The molecule has 0 amide bonds. The fraction of sp³-hybridized carbons (Fsp3) is 0.118. The van der Waals surface area contributed by atoms with Crippen LogP contribution in [0.15, 0.2) is 59.3 Å². The Bertz CT molecular complexity index is 706. The summed E-state index contributed by atoms with van der Waals surface area (Å²) >= 11 is 3.51. The molecule has 3 N–H and O–H groups in total. The van der Waals surface area contributed by atoms with Crippen LogP contribution < -0.4 is 5.32 Å². The lowest BCUT2D eigenvalue weighted by Gasteiger charge is -2.08. The van der Waals surface area contributed by atoms with E-state index in [1.807, 2.05) is 31.4 Å². The number of carbonyl (C=O) groups is 2. The smallest absolute Gasteiger partial charge is 0.414 e. The van der Waals surface area contributed by atoms with Crippen LogP contribution in [0.4, 0.5) is 0 Å². The van der Waals surface area contributed by atoms with Gasteiger partial charge in [-0.05, 0) is 36.4 Å². The second-order valence-electron chi connectivity index (χ2n) is 4.54. The van der Waals surface area contributed by atoms with Crippen molar-refractivity contribution in [2.45, 2.75) is 0 Å². The first-order chi connectivity index (χ1) is 11.5. The molecule has 0 fully saturated rings. The molecule has 0 saturated carbocycles. The highest BCUT2D eigenvalue weighted by atomic mass is 79.9. The predicted octanol–water partition coefficient (Wildman–Crippen LogP) is 2.65. The van der Waals surface area contributed by atoms with Crippen molar-refractivity contribution < 1.29 is 19.8 Å². The number of halogens is 1. The number of rotatable bonds is 4. The van der Waals surface area contributed by atoms with Gasteiger partial charge in [-0.2, -0.15) is 0 Å². The average molecular weight is 393 g/mol. The fourth-order valence-electron chi connectivity index (χ4n) is 1.78. The molecule has 7 heteroatoms. The van der Waals surface area contributed by atoms with E-state index in [2.05, 4.69) is 50.5 Å². The first kappa shape index (κ1) is 19.5. The van der Waals surface area contributed by atoms with Gasteiger partial charge in [-0.3, -0.25) is 4.98 Å². The lowest BCUT2D eigenvalue weighted by atomic mass is 9.99.